The molecule has 0 saturated heterocycles. The number of aliphatic hydroxyl groups excluding tert-OH is 1. The molecule has 1 aromatic rings. The van der Waals surface area contributed by atoms with Crippen LogP contribution in [0.1, 0.15) is 26.3 Å². The number of hydrogen-bond donors (Lipinski definition) is 1. The van der Waals surface area contributed by atoms with E-state index in [1.165, 1.54) is 0 Å². The minimum atomic E-state index is -1.85. The Balaban J connectivity index is 2.96. The first-order chi connectivity index (χ1) is 7.67. The smallest absolute Gasteiger partial charge is 0.250 e. The van der Waals surface area contributed by atoms with Gasteiger partial charge in [0.1, 0.15) is 5.75 Å². The second kappa shape index (κ2) is 5.00. The molecule has 2 nitrogen and oxygen atoms in total. The van der Waals surface area contributed by atoms with Crippen molar-refractivity contribution in [2.24, 2.45) is 0 Å². The molecule has 0 aliphatic heterocycles. The predicted molar refractivity (Wildman–Crippen MR) is 75.2 cm³/mol. The molecule has 1 N–H and O–H groups in total. The maximum Gasteiger partial charge on any atom is 0.250 e. The van der Waals surface area contributed by atoms with Crippen molar-refractivity contribution in [3.63, 3.8) is 0 Å². The van der Waals surface area contributed by atoms with Gasteiger partial charge in [-0.15, -0.1) is 0 Å². The van der Waals surface area contributed by atoms with Crippen molar-refractivity contribution in [1.29, 1.82) is 0 Å². The van der Waals surface area contributed by atoms with Crippen LogP contribution in [0.3, 0.4) is 0 Å². The lowest BCUT2D eigenvalue weighted by atomic mass is 10.2. The molecule has 1 rings (SSSR count). The van der Waals surface area contributed by atoms with E-state index in [1.807, 2.05) is 12.1 Å². The van der Waals surface area contributed by atoms with Crippen LogP contribution in [-0.4, -0.2) is 13.4 Å². The average molecular weight is 273 g/mol. The van der Waals surface area contributed by atoms with E-state index < -0.39 is 8.32 Å². The van der Waals surface area contributed by atoms with Gasteiger partial charge in [0.15, 0.2) is 0 Å². The summed E-state index contributed by atoms with van der Waals surface area (Å²) in [5, 5.41) is 9.74. The van der Waals surface area contributed by atoms with E-state index in [0.717, 1.165) is 11.3 Å². The van der Waals surface area contributed by atoms with Crippen LogP contribution in [-0.2, 0) is 6.61 Å². The van der Waals surface area contributed by atoms with Gasteiger partial charge in [0.2, 0.25) is 0 Å². The molecule has 1 aromatic carbocycles. The summed E-state index contributed by atoms with van der Waals surface area (Å²) in [5.74, 6) is 0.718. The van der Waals surface area contributed by atoms with E-state index in [-0.39, 0.29) is 11.6 Å². The summed E-state index contributed by atoms with van der Waals surface area (Å²) in [6.07, 6.45) is 0. The summed E-state index contributed by atoms with van der Waals surface area (Å²) in [7, 11) is -1.85. The molecule has 96 valence electrons. The summed E-state index contributed by atoms with van der Waals surface area (Å²) in [4.78, 5) is 0. The zero-order chi connectivity index (χ0) is 13.3. The van der Waals surface area contributed by atoms with Gasteiger partial charge in [-0.25, -0.2) is 0 Å². The molecule has 0 aliphatic carbocycles. The normalized spacial score (nSPS) is 12.6. The van der Waals surface area contributed by atoms with Gasteiger partial charge >= 0.3 is 0 Å². The third kappa shape index (κ3) is 3.47. The Morgan fingerprint density at radius 1 is 1.29 bits per heavy atom. The molecule has 0 unspecified atom stereocenters. The van der Waals surface area contributed by atoms with Crippen molar-refractivity contribution < 1.29 is 9.53 Å². The average Bonchev–Trinajstić information content (AvgIpc) is 2.19. The molecule has 0 saturated carbocycles. The highest BCUT2D eigenvalue weighted by Gasteiger charge is 2.39. The number of benzene rings is 1. The Labute approximate surface area is 110 Å². The molecule has 17 heavy (non-hydrogen) atoms. The summed E-state index contributed by atoms with van der Waals surface area (Å²) in [6.45, 7) is 10.9. The van der Waals surface area contributed by atoms with Crippen molar-refractivity contribution in [2.75, 3.05) is 0 Å². The quantitative estimate of drug-likeness (QED) is 0.835. The molecule has 0 atom stereocenters. The minimum Gasteiger partial charge on any atom is -0.543 e. The molecule has 0 fully saturated rings. The molecule has 0 amide bonds. The standard InChI is InChI=1S/C13H21ClO2Si/c1-13(2,3)17(4,5)16-12-7-6-10(9-15)8-11(12)14/h6-8,15H,9H2,1-5H3. The van der Waals surface area contributed by atoms with Gasteiger partial charge in [-0.05, 0) is 35.8 Å². The highest BCUT2D eigenvalue weighted by Crippen LogP contribution is 2.39. The fourth-order valence-electron chi connectivity index (χ4n) is 1.15. The van der Waals surface area contributed by atoms with Gasteiger partial charge in [0, 0.05) is 0 Å². The lowest BCUT2D eigenvalue weighted by Gasteiger charge is -2.36. The largest absolute Gasteiger partial charge is 0.543 e. The van der Waals surface area contributed by atoms with Crippen molar-refractivity contribution in [3.8, 4) is 5.75 Å². The van der Waals surface area contributed by atoms with Gasteiger partial charge in [-0.2, -0.15) is 0 Å². The monoisotopic (exact) mass is 272 g/mol. The summed E-state index contributed by atoms with van der Waals surface area (Å²) < 4.78 is 6.12. The maximum atomic E-state index is 9.02. The van der Waals surface area contributed by atoms with E-state index in [9.17, 15) is 0 Å². The molecular weight excluding hydrogens is 252 g/mol. The number of aliphatic hydroxyl groups is 1. The zero-order valence-electron chi connectivity index (χ0n) is 11.2. The third-order valence-corrected chi connectivity index (χ3v) is 7.99. The van der Waals surface area contributed by atoms with E-state index in [0.29, 0.717) is 5.02 Å². The first-order valence-electron chi connectivity index (χ1n) is 5.76. The van der Waals surface area contributed by atoms with E-state index in [4.69, 9.17) is 21.1 Å². The van der Waals surface area contributed by atoms with E-state index >= 15 is 0 Å². The van der Waals surface area contributed by atoms with Crippen LogP contribution in [0.25, 0.3) is 0 Å². The minimum absolute atomic E-state index is 0.0000915. The highest BCUT2D eigenvalue weighted by molar-refractivity contribution is 6.74. The molecule has 0 heterocycles. The third-order valence-electron chi connectivity index (χ3n) is 3.35. The van der Waals surface area contributed by atoms with Crippen molar-refractivity contribution in [3.05, 3.63) is 28.8 Å². The maximum absolute atomic E-state index is 9.02. The van der Waals surface area contributed by atoms with Gasteiger partial charge in [0.05, 0.1) is 11.6 Å². The lowest BCUT2D eigenvalue weighted by molar-refractivity contribution is 0.282. The topological polar surface area (TPSA) is 29.5 Å². The Morgan fingerprint density at radius 2 is 1.88 bits per heavy atom. The van der Waals surface area contributed by atoms with Crippen LogP contribution in [0.15, 0.2) is 18.2 Å². The fraction of sp³-hybridized carbons (Fsp3) is 0.538. The zero-order valence-corrected chi connectivity index (χ0v) is 12.9. The Kier molecular flexibility index (Phi) is 4.28. The van der Waals surface area contributed by atoms with Crippen LogP contribution < -0.4 is 4.43 Å². The highest BCUT2D eigenvalue weighted by atomic mass is 35.5. The van der Waals surface area contributed by atoms with Crippen LogP contribution in [0, 0.1) is 0 Å². The van der Waals surface area contributed by atoms with Crippen molar-refractivity contribution in [1.82, 2.24) is 0 Å². The SMILES string of the molecule is CC(C)(C)[Si](C)(C)Oc1ccc(CO)cc1Cl. The summed E-state index contributed by atoms with van der Waals surface area (Å²) >= 11 is 6.15. The number of hydrogen-bond acceptors (Lipinski definition) is 2. The van der Waals surface area contributed by atoms with Crippen molar-refractivity contribution in [2.45, 2.75) is 45.5 Å². The molecular formula is C13H21ClO2Si. The molecule has 0 aromatic heterocycles. The number of halogens is 1. The first kappa shape index (κ1) is 14.5. The van der Waals surface area contributed by atoms with Gasteiger partial charge in [0.25, 0.3) is 8.32 Å². The molecule has 0 bridgehead atoms. The molecule has 0 aliphatic rings. The first-order valence-corrected chi connectivity index (χ1v) is 9.04. The van der Waals surface area contributed by atoms with Gasteiger partial charge < -0.3 is 9.53 Å². The van der Waals surface area contributed by atoms with Gasteiger partial charge in [-0.3, -0.25) is 0 Å². The van der Waals surface area contributed by atoms with Crippen LogP contribution in [0.5, 0.6) is 5.75 Å². The van der Waals surface area contributed by atoms with Gasteiger partial charge in [-0.1, -0.05) is 38.4 Å². The molecule has 0 radical (unpaired) electrons. The second-order valence-electron chi connectivity index (χ2n) is 5.79. The molecule has 0 spiro atoms. The summed E-state index contributed by atoms with van der Waals surface area (Å²) in [6, 6.07) is 5.44. The van der Waals surface area contributed by atoms with Crippen LogP contribution in [0.4, 0.5) is 0 Å². The Morgan fingerprint density at radius 3 is 2.29 bits per heavy atom. The lowest BCUT2D eigenvalue weighted by Crippen LogP contribution is -2.43. The van der Waals surface area contributed by atoms with E-state index in [2.05, 4.69) is 33.9 Å². The van der Waals surface area contributed by atoms with E-state index in [1.54, 1.807) is 6.07 Å². The van der Waals surface area contributed by atoms with Crippen LogP contribution in [0.2, 0.25) is 23.2 Å². The van der Waals surface area contributed by atoms with Crippen molar-refractivity contribution >= 4 is 19.9 Å². The number of rotatable bonds is 3. The second-order valence-corrected chi connectivity index (χ2v) is 10.9. The Bertz CT molecular complexity index is 397. The molecule has 4 heteroatoms. The summed E-state index contributed by atoms with van der Waals surface area (Å²) in [5.41, 5.74) is 0.803. The Hall–Kier alpha value is -0.513. The van der Waals surface area contributed by atoms with Crippen LogP contribution >= 0.6 is 11.6 Å². The predicted octanol–water partition coefficient (Wildman–Crippen LogP) is 4.22. The fourth-order valence-corrected chi connectivity index (χ4v) is 2.49.